The number of nitrogens with zero attached hydrogens (tertiary/aromatic N) is 1. The Balaban J connectivity index is 2.18. The fraction of sp³-hybridized carbons (Fsp3) is 0.444. The number of hydrogen-bond donors (Lipinski definition) is 3. The first-order valence-corrected chi connectivity index (χ1v) is 8.54. The van der Waals surface area contributed by atoms with Crippen LogP contribution in [-0.4, -0.2) is 44.0 Å². The lowest BCUT2D eigenvalue weighted by molar-refractivity contribution is -0.114. The van der Waals surface area contributed by atoms with Gasteiger partial charge in [0.1, 0.15) is 17.2 Å². The number of aliphatic imine (C=N–C) groups is 1. The van der Waals surface area contributed by atoms with Crippen molar-refractivity contribution in [3.63, 3.8) is 0 Å². The number of para-hydroxylation sites is 1. The highest BCUT2D eigenvalue weighted by molar-refractivity contribution is 6.43. The Morgan fingerprint density at radius 1 is 1.37 bits per heavy atom. The zero-order valence-corrected chi connectivity index (χ0v) is 15.0. The maximum absolute atomic E-state index is 12.8. The van der Waals surface area contributed by atoms with Crippen LogP contribution in [0, 0.1) is 0 Å². The van der Waals surface area contributed by atoms with E-state index in [1.807, 2.05) is 0 Å². The summed E-state index contributed by atoms with van der Waals surface area (Å²) >= 11 is 0. The van der Waals surface area contributed by atoms with Crippen LogP contribution in [0.2, 0.25) is 0 Å². The maximum atomic E-state index is 12.8. The standard InChI is InChI=1S/C18H23F3N4O2/c1-27-15-5-3-2-4-12(15)11-24-17(26)14(10-16(22)18(19,20)21)25-13-6-8-23-9-7-13/h2-5,10,13,23H,6-9,11,22H2,1H3,(H,24,26)/b16-10-,25-14?. The lowest BCUT2D eigenvalue weighted by atomic mass is 10.1. The summed E-state index contributed by atoms with van der Waals surface area (Å²) in [4.78, 5) is 16.7. The minimum atomic E-state index is -4.72. The van der Waals surface area contributed by atoms with Crippen LogP contribution >= 0.6 is 0 Å². The lowest BCUT2D eigenvalue weighted by Crippen LogP contribution is -2.35. The topological polar surface area (TPSA) is 88.7 Å². The molecule has 0 aromatic heterocycles. The molecule has 1 aliphatic rings. The van der Waals surface area contributed by atoms with E-state index in [9.17, 15) is 18.0 Å². The molecule has 0 bridgehead atoms. The van der Waals surface area contributed by atoms with Crippen LogP contribution in [0.25, 0.3) is 0 Å². The maximum Gasteiger partial charge on any atom is 0.430 e. The number of alkyl halides is 3. The van der Waals surface area contributed by atoms with Gasteiger partial charge in [0.05, 0.1) is 13.2 Å². The Morgan fingerprint density at radius 2 is 2.04 bits per heavy atom. The van der Waals surface area contributed by atoms with Gasteiger partial charge in [0, 0.05) is 12.1 Å². The second kappa shape index (κ2) is 9.40. The molecule has 0 aliphatic carbocycles. The normalized spacial score (nSPS) is 16.9. The Morgan fingerprint density at radius 3 is 2.67 bits per heavy atom. The van der Waals surface area contributed by atoms with E-state index in [1.54, 1.807) is 24.3 Å². The third-order valence-electron chi connectivity index (χ3n) is 4.11. The van der Waals surface area contributed by atoms with Crippen LogP contribution in [0.5, 0.6) is 5.75 Å². The fourth-order valence-corrected chi connectivity index (χ4v) is 2.64. The molecule has 0 radical (unpaired) electrons. The molecule has 1 aromatic carbocycles. The minimum Gasteiger partial charge on any atom is -0.496 e. The van der Waals surface area contributed by atoms with Gasteiger partial charge in [0.2, 0.25) is 0 Å². The quantitative estimate of drug-likeness (QED) is 0.654. The number of carbonyl (C=O) groups is 1. The van der Waals surface area contributed by atoms with E-state index < -0.39 is 17.8 Å². The van der Waals surface area contributed by atoms with Crippen molar-refractivity contribution in [2.45, 2.75) is 31.6 Å². The number of halogens is 3. The number of hydrogen-bond acceptors (Lipinski definition) is 5. The van der Waals surface area contributed by atoms with Crippen molar-refractivity contribution in [2.24, 2.45) is 10.7 Å². The SMILES string of the molecule is COc1ccccc1CNC(=O)C(/C=C(\N)C(F)(F)F)=NC1CCNCC1. The summed E-state index contributed by atoms with van der Waals surface area (Å²) in [6.07, 6.45) is -2.84. The van der Waals surface area contributed by atoms with E-state index in [1.165, 1.54) is 7.11 Å². The molecule has 2 rings (SSSR count). The lowest BCUT2D eigenvalue weighted by Gasteiger charge is -2.20. The zero-order valence-electron chi connectivity index (χ0n) is 15.0. The number of piperidine rings is 1. The Bertz CT molecular complexity index is 711. The summed E-state index contributed by atoms with van der Waals surface area (Å²) in [6, 6.07) is 6.81. The number of nitrogens with two attached hydrogens (primary N) is 1. The predicted octanol–water partition coefficient (Wildman–Crippen LogP) is 1.91. The molecule has 1 fully saturated rings. The third-order valence-corrected chi connectivity index (χ3v) is 4.11. The van der Waals surface area contributed by atoms with E-state index in [4.69, 9.17) is 10.5 Å². The van der Waals surface area contributed by atoms with Crippen molar-refractivity contribution in [1.29, 1.82) is 0 Å². The zero-order chi connectivity index (χ0) is 19.9. The van der Waals surface area contributed by atoms with Crippen LogP contribution in [0.1, 0.15) is 18.4 Å². The number of allylic oxidation sites excluding steroid dienone is 1. The monoisotopic (exact) mass is 384 g/mol. The van der Waals surface area contributed by atoms with Crippen LogP contribution in [0.4, 0.5) is 13.2 Å². The Hall–Kier alpha value is -2.55. The molecular formula is C18H23F3N4O2. The molecule has 0 saturated carbocycles. The summed E-state index contributed by atoms with van der Waals surface area (Å²) in [5.74, 6) is -0.147. The van der Waals surface area contributed by atoms with E-state index in [0.29, 0.717) is 43.3 Å². The van der Waals surface area contributed by atoms with E-state index >= 15 is 0 Å². The molecule has 1 saturated heterocycles. The minimum absolute atomic E-state index is 0.0911. The number of carbonyl (C=O) groups excluding carboxylic acids is 1. The van der Waals surface area contributed by atoms with Gasteiger partial charge in [0.25, 0.3) is 5.91 Å². The molecule has 0 spiro atoms. The molecule has 9 heteroatoms. The molecule has 1 aromatic rings. The van der Waals surface area contributed by atoms with Gasteiger partial charge in [-0.05, 0) is 38.1 Å². The highest BCUT2D eigenvalue weighted by Gasteiger charge is 2.32. The number of benzene rings is 1. The van der Waals surface area contributed by atoms with E-state index in [-0.39, 0.29) is 18.3 Å². The van der Waals surface area contributed by atoms with Crippen LogP contribution < -0.4 is 21.1 Å². The molecule has 0 atom stereocenters. The van der Waals surface area contributed by atoms with Crippen molar-refractivity contribution in [1.82, 2.24) is 10.6 Å². The molecule has 1 heterocycles. The van der Waals surface area contributed by atoms with E-state index in [0.717, 1.165) is 0 Å². The second-order valence-electron chi connectivity index (χ2n) is 6.09. The summed E-state index contributed by atoms with van der Waals surface area (Å²) in [5, 5.41) is 5.73. The van der Waals surface area contributed by atoms with Gasteiger partial charge in [-0.1, -0.05) is 18.2 Å². The van der Waals surface area contributed by atoms with Crippen molar-refractivity contribution in [3.8, 4) is 5.75 Å². The average molecular weight is 384 g/mol. The summed E-state index contributed by atoms with van der Waals surface area (Å²) in [5.41, 5.74) is 4.10. The van der Waals surface area contributed by atoms with Crippen molar-refractivity contribution in [2.75, 3.05) is 20.2 Å². The highest BCUT2D eigenvalue weighted by Crippen LogP contribution is 2.22. The van der Waals surface area contributed by atoms with Gasteiger partial charge < -0.3 is 21.1 Å². The first kappa shape index (κ1) is 20.8. The first-order chi connectivity index (χ1) is 12.8. The molecule has 1 amide bonds. The summed E-state index contributed by atoms with van der Waals surface area (Å²) in [7, 11) is 1.50. The first-order valence-electron chi connectivity index (χ1n) is 8.54. The molecule has 1 aliphatic heterocycles. The van der Waals surface area contributed by atoms with Gasteiger partial charge in [-0.15, -0.1) is 0 Å². The fourth-order valence-electron chi connectivity index (χ4n) is 2.64. The second-order valence-corrected chi connectivity index (χ2v) is 6.09. The smallest absolute Gasteiger partial charge is 0.430 e. The Kier molecular flexibility index (Phi) is 7.23. The number of methoxy groups -OCH3 is 1. The number of ether oxygens (including phenoxy) is 1. The summed E-state index contributed by atoms with van der Waals surface area (Å²) < 4.78 is 43.6. The van der Waals surface area contributed by atoms with Gasteiger partial charge in [-0.25, -0.2) is 0 Å². The summed E-state index contributed by atoms with van der Waals surface area (Å²) in [6.45, 7) is 1.49. The van der Waals surface area contributed by atoms with E-state index in [2.05, 4.69) is 15.6 Å². The van der Waals surface area contributed by atoms with Gasteiger partial charge in [-0.2, -0.15) is 13.2 Å². The van der Waals surface area contributed by atoms with Crippen molar-refractivity contribution < 1.29 is 22.7 Å². The molecule has 27 heavy (non-hydrogen) atoms. The number of amides is 1. The molecule has 4 N–H and O–H groups in total. The van der Waals surface area contributed by atoms with Crippen molar-refractivity contribution >= 4 is 11.6 Å². The van der Waals surface area contributed by atoms with Crippen molar-refractivity contribution in [3.05, 3.63) is 41.6 Å². The highest BCUT2D eigenvalue weighted by atomic mass is 19.4. The van der Waals surface area contributed by atoms with Crippen LogP contribution in [-0.2, 0) is 11.3 Å². The molecule has 6 nitrogen and oxygen atoms in total. The predicted molar refractivity (Wildman–Crippen MR) is 96.5 cm³/mol. The molecule has 0 unspecified atom stereocenters. The Labute approximate surface area is 155 Å². The molecule has 148 valence electrons. The third kappa shape index (κ3) is 6.28. The number of rotatable bonds is 6. The average Bonchev–Trinajstić information content (AvgIpc) is 2.65. The van der Waals surface area contributed by atoms with Gasteiger partial charge in [-0.3, -0.25) is 9.79 Å². The van der Waals surface area contributed by atoms with Gasteiger partial charge >= 0.3 is 6.18 Å². The number of nitrogens with one attached hydrogen (secondary N) is 2. The van der Waals surface area contributed by atoms with Crippen LogP contribution in [0.3, 0.4) is 0 Å². The van der Waals surface area contributed by atoms with Gasteiger partial charge in [0.15, 0.2) is 0 Å². The van der Waals surface area contributed by atoms with Crippen LogP contribution in [0.15, 0.2) is 41.0 Å². The molecular weight excluding hydrogens is 361 g/mol. The largest absolute Gasteiger partial charge is 0.496 e.